The van der Waals surface area contributed by atoms with Crippen molar-refractivity contribution < 1.29 is 4.74 Å². The van der Waals surface area contributed by atoms with Gasteiger partial charge in [0.2, 0.25) is 0 Å². The van der Waals surface area contributed by atoms with Gasteiger partial charge in [-0.25, -0.2) is 0 Å². The van der Waals surface area contributed by atoms with Gasteiger partial charge in [0, 0.05) is 33.1 Å². The molecule has 1 aromatic heterocycles. The lowest BCUT2D eigenvalue weighted by Gasteiger charge is -2.11. The molecular weight excluding hydrogens is 254 g/mol. The molecule has 3 heteroatoms. The lowest BCUT2D eigenvalue weighted by atomic mass is 10.1. The molecule has 0 amide bonds. The molecule has 0 fully saturated rings. The fourth-order valence-electron chi connectivity index (χ4n) is 2.26. The van der Waals surface area contributed by atoms with E-state index in [4.69, 9.17) is 4.74 Å². The van der Waals surface area contributed by atoms with Crippen molar-refractivity contribution >= 4 is 26.8 Å². The van der Waals surface area contributed by atoms with Crippen molar-refractivity contribution in [2.24, 2.45) is 0 Å². The fourth-order valence-corrected chi connectivity index (χ4v) is 2.83. The summed E-state index contributed by atoms with van der Waals surface area (Å²) < 4.78 is 6.65. The van der Waals surface area contributed by atoms with Crippen LogP contribution in [0.2, 0.25) is 0 Å². The number of hydrogen-bond donors (Lipinski definition) is 1. The van der Waals surface area contributed by atoms with Crippen molar-refractivity contribution in [2.45, 2.75) is 20.0 Å². The van der Waals surface area contributed by atoms with Gasteiger partial charge in [-0.3, -0.25) is 0 Å². The molecule has 0 aliphatic carbocycles. The number of rotatable bonds is 0. The van der Waals surface area contributed by atoms with Gasteiger partial charge in [-0.1, -0.05) is 15.9 Å². The smallest absolute Gasteiger partial charge is 0.0740 e. The second kappa shape index (κ2) is 3.35. The predicted octanol–water partition coefficient (Wildman–Crippen LogP) is 3.31. The van der Waals surface area contributed by atoms with Crippen LogP contribution in [0.4, 0.5) is 0 Å². The minimum atomic E-state index is 0.741. The van der Waals surface area contributed by atoms with Crippen LogP contribution in [0.3, 0.4) is 0 Å². The molecule has 0 bridgehead atoms. The maximum atomic E-state index is 5.51. The molecule has 2 nitrogen and oxygen atoms in total. The maximum absolute atomic E-state index is 5.51. The van der Waals surface area contributed by atoms with E-state index in [0.29, 0.717) is 0 Å². The summed E-state index contributed by atoms with van der Waals surface area (Å²) >= 11 is 3.54. The van der Waals surface area contributed by atoms with Crippen molar-refractivity contribution in [3.63, 3.8) is 0 Å². The Morgan fingerprint density at radius 1 is 1.40 bits per heavy atom. The van der Waals surface area contributed by atoms with Crippen molar-refractivity contribution in [1.29, 1.82) is 0 Å². The van der Waals surface area contributed by atoms with Gasteiger partial charge in [0.1, 0.15) is 0 Å². The first-order valence-electron chi connectivity index (χ1n) is 5.13. The van der Waals surface area contributed by atoms with Crippen molar-refractivity contribution in [3.8, 4) is 0 Å². The molecule has 0 saturated heterocycles. The first-order valence-corrected chi connectivity index (χ1v) is 5.92. The molecule has 15 heavy (non-hydrogen) atoms. The zero-order valence-electron chi connectivity index (χ0n) is 8.56. The zero-order valence-corrected chi connectivity index (χ0v) is 10.1. The summed E-state index contributed by atoms with van der Waals surface area (Å²) in [5, 5.41) is 1.30. The highest BCUT2D eigenvalue weighted by atomic mass is 79.9. The van der Waals surface area contributed by atoms with Crippen LogP contribution < -0.4 is 0 Å². The first kappa shape index (κ1) is 9.43. The third-order valence-corrected chi connectivity index (χ3v) is 3.47. The lowest BCUT2D eigenvalue weighted by Crippen LogP contribution is -2.08. The third-order valence-electron chi connectivity index (χ3n) is 3.01. The van der Waals surface area contributed by atoms with Crippen LogP contribution in [0.5, 0.6) is 0 Å². The predicted molar refractivity (Wildman–Crippen MR) is 64.1 cm³/mol. The van der Waals surface area contributed by atoms with E-state index in [-0.39, 0.29) is 0 Å². The number of aromatic amines is 1. The van der Waals surface area contributed by atoms with Crippen molar-refractivity contribution in [3.05, 3.63) is 33.4 Å². The molecule has 2 aromatic rings. The van der Waals surface area contributed by atoms with Crippen LogP contribution in [0.15, 0.2) is 16.6 Å². The average molecular weight is 266 g/mol. The highest BCUT2D eigenvalue weighted by Crippen LogP contribution is 2.31. The number of fused-ring (bicyclic) bond motifs is 3. The van der Waals surface area contributed by atoms with Gasteiger partial charge in [0.05, 0.1) is 13.2 Å². The van der Waals surface area contributed by atoms with E-state index in [1.807, 2.05) is 0 Å². The SMILES string of the molecule is Cc1cc(Br)cc2c3c([nH]c12)CCOC3. The Morgan fingerprint density at radius 2 is 2.27 bits per heavy atom. The molecule has 3 rings (SSSR count). The van der Waals surface area contributed by atoms with E-state index < -0.39 is 0 Å². The zero-order chi connectivity index (χ0) is 10.4. The van der Waals surface area contributed by atoms with Gasteiger partial charge in [0.25, 0.3) is 0 Å². The Balaban J connectivity index is 2.37. The minimum Gasteiger partial charge on any atom is -0.376 e. The van der Waals surface area contributed by atoms with E-state index in [9.17, 15) is 0 Å². The Bertz CT molecular complexity index is 530. The highest BCUT2D eigenvalue weighted by molar-refractivity contribution is 9.10. The van der Waals surface area contributed by atoms with Gasteiger partial charge in [-0.05, 0) is 24.6 Å². The summed E-state index contributed by atoms with van der Waals surface area (Å²) in [4.78, 5) is 3.51. The monoisotopic (exact) mass is 265 g/mol. The quantitative estimate of drug-likeness (QED) is 0.777. The Hall–Kier alpha value is -0.800. The van der Waals surface area contributed by atoms with E-state index in [1.54, 1.807) is 0 Å². The van der Waals surface area contributed by atoms with E-state index >= 15 is 0 Å². The average Bonchev–Trinajstić information content (AvgIpc) is 2.57. The molecule has 0 spiro atoms. The molecule has 2 heterocycles. The minimum absolute atomic E-state index is 0.741. The van der Waals surface area contributed by atoms with E-state index in [0.717, 1.165) is 24.1 Å². The molecular formula is C12H12BrNO. The number of benzene rings is 1. The van der Waals surface area contributed by atoms with Gasteiger partial charge in [0.15, 0.2) is 0 Å². The topological polar surface area (TPSA) is 25.0 Å². The summed E-state index contributed by atoms with van der Waals surface area (Å²) in [5.74, 6) is 0. The van der Waals surface area contributed by atoms with Crippen LogP contribution in [0, 0.1) is 6.92 Å². The Kier molecular flexibility index (Phi) is 2.11. The molecule has 1 aliphatic rings. The normalized spacial score (nSPS) is 15.6. The molecule has 1 N–H and O–H groups in total. The number of halogens is 1. The van der Waals surface area contributed by atoms with Gasteiger partial charge < -0.3 is 9.72 Å². The summed E-state index contributed by atoms with van der Waals surface area (Å²) in [6.07, 6.45) is 1.00. The summed E-state index contributed by atoms with van der Waals surface area (Å²) in [6.45, 7) is 3.71. The van der Waals surface area contributed by atoms with Crippen LogP contribution in [-0.2, 0) is 17.8 Å². The van der Waals surface area contributed by atoms with Crippen LogP contribution in [-0.4, -0.2) is 11.6 Å². The molecule has 1 aliphatic heterocycles. The van der Waals surface area contributed by atoms with Crippen molar-refractivity contribution in [1.82, 2.24) is 4.98 Å². The standard InChI is InChI=1S/C12H12BrNO/c1-7-4-8(13)5-9-10-6-15-3-2-11(10)14-12(7)9/h4-5,14H,2-3,6H2,1H3. The molecule has 0 saturated carbocycles. The summed E-state index contributed by atoms with van der Waals surface area (Å²) in [6, 6.07) is 4.32. The second-order valence-corrected chi connectivity index (χ2v) is 4.95. The fraction of sp³-hybridized carbons (Fsp3) is 0.333. The van der Waals surface area contributed by atoms with Crippen LogP contribution in [0.1, 0.15) is 16.8 Å². The number of aryl methyl sites for hydroxylation is 1. The molecule has 0 radical (unpaired) electrons. The second-order valence-electron chi connectivity index (χ2n) is 4.03. The summed E-state index contributed by atoms with van der Waals surface area (Å²) in [5.41, 5.74) is 5.22. The Morgan fingerprint density at radius 3 is 3.13 bits per heavy atom. The maximum Gasteiger partial charge on any atom is 0.0740 e. The van der Waals surface area contributed by atoms with Gasteiger partial charge in [-0.2, -0.15) is 0 Å². The molecule has 0 unspecified atom stereocenters. The number of hydrogen-bond acceptors (Lipinski definition) is 1. The number of ether oxygens (including phenoxy) is 1. The van der Waals surface area contributed by atoms with Crippen LogP contribution >= 0.6 is 15.9 Å². The lowest BCUT2D eigenvalue weighted by molar-refractivity contribution is 0.111. The Labute approximate surface area is 96.8 Å². The molecule has 78 valence electrons. The molecule has 1 aromatic carbocycles. The van der Waals surface area contributed by atoms with Crippen molar-refractivity contribution in [2.75, 3.05) is 6.61 Å². The van der Waals surface area contributed by atoms with Crippen LogP contribution in [0.25, 0.3) is 10.9 Å². The highest BCUT2D eigenvalue weighted by Gasteiger charge is 2.16. The number of aromatic nitrogens is 1. The third kappa shape index (κ3) is 1.42. The number of H-pyrrole nitrogens is 1. The van der Waals surface area contributed by atoms with E-state index in [2.05, 4.69) is 40.0 Å². The molecule has 0 atom stereocenters. The first-order chi connectivity index (χ1) is 7.25. The summed E-state index contributed by atoms with van der Waals surface area (Å²) in [7, 11) is 0. The largest absolute Gasteiger partial charge is 0.376 e. The van der Waals surface area contributed by atoms with Gasteiger partial charge >= 0.3 is 0 Å². The van der Waals surface area contributed by atoms with Gasteiger partial charge in [-0.15, -0.1) is 0 Å². The van der Waals surface area contributed by atoms with E-state index in [1.165, 1.54) is 27.7 Å². The number of nitrogens with one attached hydrogen (secondary N) is 1.